The number of methoxy groups -OCH3 is 2. The summed E-state index contributed by atoms with van der Waals surface area (Å²) in [5, 5.41) is 2.90. The van der Waals surface area contributed by atoms with Gasteiger partial charge < -0.3 is 19.5 Å². The molecule has 0 radical (unpaired) electrons. The van der Waals surface area contributed by atoms with Crippen LogP contribution in [0.3, 0.4) is 0 Å². The van der Waals surface area contributed by atoms with E-state index in [0.29, 0.717) is 18.7 Å². The Labute approximate surface area is 142 Å². The molecule has 0 heterocycles. The van der Waals surface area contributed by atoms with Crippen molar-refractivity contribution >= 4 is 5.91 Å². The first kappa shape index (κ1) is 17.7. The van der Waals surface area contributed by atoms with Gasteiger partial charge in [0.15, 0.2) is 6.10 Å². The van der Waals surface area contributed by atoms with E-state index in [1.807, 2.05) is 31.2 Å². The summed E-state index contributed by atoms with van der Waals surface area (Å²) in [5.74, 6) is 2.05. The molecule has 0 saturated carbocycles. The molecule has 0 fully saturated rings. The van der Waals surface area contributed by atoms with Crippen molar-refractivity contribution in [3.63, 3.8) is 0 Å². The molecule has 0 aromatic heterocycles. The fraction of sp³-hybridized carbons (Fsp3) is 0.316. The van der Waals surface area contributed by atoms with E-state index in [1.165, 1.54) is 0 Å². The van der Waals surface area contributed by atoms with E-state index in [4.69, 9.17) is 14.2 Å². The minimum Gasteiger partial charge on any atom is -0.497 e. The van der Waals surface area contributed by atoms with Crippen LogP contribution in [0.25, 0.3) is 0 Å². The van der Waals surface area contributed by atoms with Crippen LogP contribution in [0.15, 0.2) is 48.5 Å². The zero-order valence-corrected chi connectivity index (χ0v) is 14.2. The molecule has 1 unspecified atom stereocenters. The van der Waals surface area contributed by atoms with Gasteiger partial charge in [0.1, 0.15) is 17.2 Å². The number of hydrogen-bond donors (Lipinski definition) is 1. The molecule has 5 nitrogen and oxygen atoms in total. The van der Waals surface area contributed by atoms with E-state index in [9.17, 15) is 4.79 Å². The summed E-state index contributed by atoms with van der Waals surface area (Å²) in [4.78, 5) is 12.3. The van der Waals surface area contributed by atoms with Crippen LogP contribution in [-0.4, -0.2) is 26.2 Å². The molecule has 2 rings (SSSR count). The second-order valence-electron chi connectivity index (χ2n) is 5.26. The van der Waals surface area contributed by atoms with Crippen LogP contribution in [0, 0.1) is 0 Å². The average molecular weight is 329 g/mol. The van der Waals surface area contributed by atoms with Crippen LogP contribution < -0.4 is 19.5 Å². The maximum Gasteiger partial charge on any atom is 0.261 e. The third-order valence-corrected chi connectivity index (χ3v) is 3.63. The van der Waals surface area contributed by atoms with E-state index < -0.39 is 6.10 Å². The maximum atomic E-state index is 12.3. The molecule has 1 atom stereocenters. The molecule has 2 aromatic carbocycles. The summed E-state index contributed by atoms with van der Waals surface area (Å²) >= 11 is 0. The summed E-state index contributed by atoms with van der Waals surface area (Å²) in [6.45, 7) is 2.37. The molecule has 2 aromatic rings. The summed E-state index contributed by atoms with van der Waals surface area (Å²) in [6.07, 6.45) is 0.0529. The smallest absolute Gasteiger partial charge is 0.261 e. The van der Waals surface area contributed by atoms with Gasteiger partial charge in [-0.3, -0.25) is 4.79 Å². The van der Waals surface area contributed by atoms with Gasteiger partial charge in [0.2, 0.25) is 0 Å². The molecule has 0 bridgehead atoms. The van der Waals surface area contributed by atoms with Crippen LogP contribution in [-0.2, 0) is 11.3 Å². The Morgan fingerprint density at radius 1 is 0.917 bits per heavy atom. The molecule has 128 valence electrons. The van der Waals surface area contributed by atoms with Crippen molar-refractivity contribution in [1.29, 1.82) is 0 Å². The van der Waals surface area contributed by atoms with Gasteiger partial charge in [0, 0.05) is 6.54 Å². The number of carbonyl (C=O) groups excluding carboxylic acids is 1. The van der Waals surface area contributed by atoms with Gasteiger partial charge in [0.25, 0.3) is 5.91 Å². The van der Waals surface area contributed by atoms with Crippen LogP contribution in [0.4, 0.5) is 0 Å². The molecule has 0 aliphatic rings. The molecule has 1 N–H and O–H groups in total. The van der Waals surface area contributed by atoms with Gasteiger partial charge in [-0.2, -0.15) is 0 Å². The van der Waals surface area contributed by atoms with Crippen LogP contribution in [0.5, 0.6) is 17.2 Å². The largest absolute Gasteiger partial charge is 0.497 e. The molecule has 1 amide bonds. The Balaban J connectivity index is 1.89. The van der Waals surface area contributed by atoms with Gasteiger partial charge in [-0.25, -0.2) is 0 Å². The minimum absolute atomic E-state index is 0.135. The first-order chi connectivity index (χ1) is 11.7. The van der Waals surface area contributed by atoms with Crippen LogP contribution in [0.1, 0.15) is 18.9 Å². The Morgan fingerprint density at radius 3 is 1.92 bits per heavy atom. The zero-order chi connectivity index (χ0) is 17.4. The van der Waals surface area contributed by atoms with Crippen molar-refractivity contribution in [2.45, 2.75) is 26.0 Å². The molecule has 0 spiro atoms. The first-order valence-electron chi connectivity index (χ1n) is 7.87. The zero-order valence-electron chi connectivity index (χ0n) is 14.2. The first-order valence-corrected chi connectivity index (χ1v) is 7.87. The number of hydrogen-bond acceptors (Lipinski definition) is 4. The van der Waals surface area contributed by atoms with Crippen molar-refractivity contribution in [2.24, 2.45) is 0 Å². The molecule has 0 saturated heterocycles. The highest BCUT2D eigenvalue weighted by Gasteiger charge is 2.18. The predicted octanol–water partition coefficient (Wildman–Crippen LogP) is 3.18. The quantitative estimate of drug-likeness (QED) is 0.808. The number of carbonyl (C=O) groups is 1. The van der Waals surface area contributed by atoms with E-state index in [-0.39, 0.29) is 5.91 Å². The lowest BCUT2D eigenvalue weighted by atomic mass is 10.2. The summed E-state index contributed by atoms with van der Waals surface area (Å²) in [7, 11) is 3.23. The molecule has 0 aliphatic heterocycles. The highest BCUT2D eigenvalue weighted by Crippen LogP contribution is 2.19. The van der Waals surface area contributed by atoms with E-state index >= 15 is 0 Å². The molecular formula is C19H23NO4. The van der Waals surface area contributed by atoms with Crippen molar-refractivity contribution in [2.75, 3.05) is 14.2 Å². The minimum atomic E-state index is -0.531. The van der Waals surface area contributed by atoms with Gasteiger partial charge in [-0.05, 0) is 48.4 Å². The Bertz CT molecular complexity index is 637. The Hall–Kier alpha value is -2.69. The highest BCUT2D eigenvalue weighted by atomic mass is 16.5. The third kappa shape index (κ3) is 4.91. The fourth-order valence-electron chi connectivity index (χ4n) is 2.19. The van der Waals surface area contributed by atoms with Crippen molar-refractivity contribution in [1.82, 2.24) is 5.32 Å². The van der Waals surface area contributed by atoms with Crippen LogP contribution in [0.2, 0.25) is 0 Å². The number of rotatable bonds is 8. The average Bonchev–Trinajstić information content (AvgIpc) is 2.65. The second kappa shape index (κ2) is 8.82. The summed E-state index contributed by atoms with van der Waals surface area (Å²) in [5.41, 5.74) is 1.00. The lowest BCUT2D eigenvalue weighted by Crippen LogP contribution is -2.37. The van der Waals surface area contributed by atoms with Crippen molar-refractivity contribution < 1.29 is 19.0 Å². The van der Waals surface area contributed by atoms with Gasteiger partial charge >= 0.3 is 0 Å². The number of amides is 1. The fourth-order valence-corrected chi connectivity index (χ4v) is 2.19. The van der Waals surface area contributed by atoms with E-state index in [1.54, 1.807) is 38.5 Å². The Morgan fingerprint density at radius 2 is 1.42 bits per heavy atom. The maximum absolute atomic E-state index is 12.3. The molecule has 0 aliphatic carbocycles. The monoisotopic (exact) mass is 329 g/mol. The Kier molecular flexibility index (Phi) is 6.49. The number of ether oxygens (including phenoxy) is 3. The van der Waals surface area contributed by atoms with Crippen LogP contribution >= 0.6 is 0 Å². The predicted molar refractivity (Wildman–Crippen MR) is 92.5 cm³/mol. The lowest BCUT2D eigenvalue weighted by molar-refractivity contribution is -0.128. The normalized spacial score (nSPS) is 11.5. The molecule has 5 heteroatoms. The van der Waals surface area contributed by atoms with Crippen molar-refractivity contribution in [3.05, 3.63) is 54.1 Å². The third-order valence-electron chi connectivity index (χ3n) is 3.63. The van der Waals surface area contributed by atoms with E-state index in [0.717, 1.165) is 17.1 Å². The lowest BCUT2D eigenvalue weighted by Gasteiger charge is -2.17. The second-order valence-corrected chi connectivity index (χ2v) is 5.26. The van der Waals surface area contributed by atoms with E-state index in [2.05, 4.69) is 5.32 Å². The molecular weight excluding hydrogens is 306 g/mol. The topological polar surface area (TPSA) is 56.8 Å². The molecule has 24 heavy (non-hydrogen) atoms. The van der Waals surface area contributed by atoms with Crippen molar-refractivity contribution in [3.8, 4) is 17.2 Å². The van der Waals surface area contributed by atoms with Gasteiger partial charge in [-0.1, -0.05) is 19.1 Å². The number of nitrogens with one attached hydrogen (secondary N) is 1. The standard InChI is InChI=1S/C19H23NO4/c1-4-18(24-17-11-9-16(23-3)10-12-17)19(21)20-13-14-5-7-15(22-2)8-6-14/h5-12,18H,4,13H2,1-3H3,(H,20,21). The number of benzene rings is 2. The van der Waals surface area contributed by atoms with Gasteiger partial charge in [0.05, 0.1) is 14.2 Å². The SMILES string of the molecule is CCC(Oc1ccc(OC)cc1)C(=O)NCc1ccc(OC)cc1. The van der Waals surface area contributed by atoms with Gasteiger partial charge in [-0.15, -0.1) is 0 Å². The highest BCUT2D eigenvalue weighted by molar-refractivity contribution is 5.81. The summed E-state index contributed by atoms with van der Waals surface area (Å²) in [6, 6.07) is 14.8. The summed E-state index contributed by atoms with van der Waals surface area (Å²) < 4.78 is 16.0.